The lowest BCUT2D eigenvalue weighted by molar-refractivity contribution is -0.215. The fraction of sp³-hybridized carbons (Fsp3) is 0.941. The van der Waals surface area contributed by atoms with Crippen LogP contribution in [0.25, 0.3) is 0 Å². The summed E-state index contributed by atoms with van der Waals surface area (Å²) in [4.78, 5) is 11.8. The van der Waals surface area contributed by atoms with Gasteiger partial charge >= 0.3 is 5.97 Å². The van der Waals surface area contributed by atoms with Crippen molar-refractivity contribution in [2.75, 3.05) is 0 Å². The maximum absolute atomic E-state index is 11.8. The van der Waals surface area contributed by atoms with Gasteiger partial charge in [-0.05, 0) is 49.4 Å². The second-order valence-corrected chi connectivity index (χ2v) is 8.15. The van der Waals surface area contributed by atoms with Gasteiger partial charge in [0.1, 0.15) is 5.60 Å². The minimum absolute atomic E-state index is 0.0390. The molecule has 0 aromatic carbocycles. The van der Waals surface area contributed by atoms with Crippen molar-refractivity contribution >= 4 is 5.97 Å². The second-order valence-electron chi connectivity index (χ2n) is 8.15. The van der Waals surface area contributed by atoms with Crippen molar-refractivity contribution in [1.29, 1.82) is 0 Å². The number of carbonyl (C=O) groups excluding carboxylic acids is 1. The van der Waals surface area contributed by atoms with Crippen molar-refractivity contribution in [3.05, 3.63) is 0 Å². The summed E-state index contributed by atoms with van der Waals surface area (Å²) in [5.74, 6) is 1.27. The molecule has 2 heteroatoms. The highest BCUT2D eigenvalue weighted by atomic mass is 16.6. The Bertz CT molecular complexity index is 400. The van der Waals surface area contributed by atoms with Crippen LogP contribution in [0.5, 0.6) is 0 Å². The fourth-order valence-electron chi connectivity index (χ4n) is 5.89. The molecule has 1 heterocycles. The van der Waals surface area contributed by atoms with E-state index < -0.39 is 0 Å². The van der Waals surface area contributed by atoms with Gasteiger partial charge in [-0.15, -0.1) is 0 Å². The van der Waals surface area contributed by atoms with Crippen LogP contribution < -0.4 is 0 Å². The van der Waals surface area contributed by atoms with Crippen molar-refractivity contribution in [1.82, 2.24) is 0 Å². The molecule has 3 fully saturated rings. The predicted molar refractivity (Wildman–Crippen MR) is 75.7 cm³/mol. The Hall–Kier alpha value is -0.530. The van der Waals surface area contributed by atoms with Gasteiger partial charge in [-0.3, -0.25) is 4.79 Å². The molecule has 2 saturated carbocycles. The molecule has 3 rings (SSSR count). The van der Waals surface area contributed by atoms with Gasteiger partial charge in [0.15, 0.2) is 0 Å². The molecule has 0 aromatic rings. The summed E-state index contributed by atoms with van der Waals surface area (Å²) in [6.07, 6.45) is 7.96. The first-order valence-electron chi connectivity index (χ1n) is 8.04. The number of hydrogen-bond donors (Lipinski definition) is 0. The van der Waals surface area contributed by atoms with Gasteiger partial charge in [0, 0.05) is 11.8 Å². The number of carbonyl (C=O) groups is 1. The van der Waals surface area contributed by atoms with E-state index in [0.717, 1.165) is 6.42 Å². The van der Waals surface area contributed by atoms with Crippen LogP contribution in [0.2, 0.25) is 0 Å². The van der Waals surface area contributed by atoms with Crippen LogP contribution in [0.3, 0.4) is 0 Å². The minimum atomic E-state index is -0.162. The lowest BCUT2D eigenvalue weighted by Gasteiger charge is -2.62. The summed E-state index contributed by atoms with van der Waals surface area (Å²) >= 11 is 0. The van der Waals surface area contributed by atoms with Gasteiger partial charge in [0.05, 0.1) is 0 Å². The van der Waals surface area contributed by atoms with Crippen molar-refractivity contribution in [3.63, 3.8) is 0 Å². The van der Waals surface area contributed by atoms with Gasteiger partial charge in [0.25, 0.3) is 0 Å². The summed E-state index contributed by atoms with van der Waals surface area (Å²) in [5.41, 5.74) is 0.429. The third-order valence-corrected chi connectivity index (χ3v) is 6.88. The molecule has 0 radical (unpaired) electrons. The highest BCUT2D eigenvalue weighted by molar-refractivity contribution is 5.72. The molecule has 2 nitrogen and oxygen atoms in total. The Morgan fingerprint density at radius 3 is 2.47 bits per heavy atom. The molecule has 2 aliphatic carbocycles. The van der Waals surface area contributed by atoms with Crippen molar-refractivity contribution in [3.8, 4) is 0 Å². The zero-order valence-corrected chi connectivity index (χ0v) is 12.9. The molecule has 1 saturated heterocycles. The summed E-state index contributed by atoms with van der Waals surface area (Å²) in [6.45, 7) is 9.58. The second kappa shape index (κ2) is 3.99. The van der Waals surface area contributed by atoms with Crippen LogP contribution in [0.4, 0.5) is 0 Å². The van der Waals surface area contributed by atoms with E-state index in [4.69, 9.17) is 4.74 Å². The zero-order valence-electron chi connectivity index (χ0n) is 12.9. The standard InChI is InChI=1S/C17H28O2/c1-12-6-7-13-15(2,3)9-5-10-16(13,4)17(12)11-8-14(18)19-17/h12-13H,5-11H2,1-4H3/t12-,13+,16+,17-/m1/s1. The normalized spacial score (nSPS) is 48.9. The Morgan fingerprint density at radius 1 is 1.11 bits per heavy atom. The third-order valence-electron chi connectivity index (χ3n) is 6.88. The number of esters is 1. The lowest BCUT2D eigenvalue weighted by atomic mass is 9.44. The topological polar surface area (TPSA) is 26.3 Å². The van der Waals surface area contributed by atoms with Crippen LogP contribution in [-0.4, -0.2) is 11.6 Å². The van der Waals surface area contributed by atoms with Crippen molar-refractivity contribution < 1.29 is 9.53 Å². The van der Waals surface area contributed by atoms with Crippen molar-refractivity contribution in [2.24, 2.45) is 22.7 Å². The van der Waals surface area contributed by atoms with E-state index in [1.165, 1.54) is 32.1 Å². The third kappa shape index (κ3) is 1.64. The summed E-state index contributed by atoms with van der Waals surface area (Å²) < 4.78 is 6.03. The highest BCUT2D eigenvalue weighted by Gasteiger charge is 2.65. The highest BCUT2D eigenvalue weighted by Crippen LogP contribution is 2.65. The molecule has 1 spiro atoms. The largest absolute Gasteiger partial charge is 0.458 e. The maximum Gasteiger partial charge on any atom is 0.306 e. The first-order valence-corrected chi connectivity index (χ1v) is 8.04. The average molecular weight is 264 g/mol. The van der Waals surface area contributed by atoms with Crippen LogP contribution in [0.1, 0.15) is 72.6 Å². The molecule has 0 bridgehead atoms. The SMILES string of the molecule is C[C@@H]1CC[C@H]2C(C)(C)CCC[C@]2(C)[C@@]12CCC(=O)O2. The molecule has 1 aliphatic heterocycles. The molecular weight excluding hydrogens is 236 g/mol. The maximum atomic E-state index is 11.8. The average Bonchev–Trinajstić information content (AvgIpc) is 2.69. The van der Waals surface area contributed by atoms with E-state index in [9.17, 15) is 4.79 Å². The summed E-state index contributed by atoms with van der Waals surface area (Å²) in [5, 5.41) is 0. The lowest BCUT2D eigenvalue weighted by Crippen LogP contribution is -2.62. The number of fused-ring (bicyclic) bond motifs is 2. The van der Waals surface area contributed by atoms with Gasteiger partial charge in [-0.1, -0.05) is 34.1 Å². The van der Waals surface area contributed by atoms with E-state index in [0.29, 0.717) is 23.7 Å². The van der Waals surface area contributed by atoms with Crippen LogP contribution in [-0.2, 0) is 9.53 Å². The van der Waals surface area contributed by atoms with Crippen LogP contribution in [0.15, 0.2) is 0 Å². The smallest absolute Gasteiger partial charge is 0.306 e. The van der Waals surface area contributed by atoms with Crippen LogP contribution in [0, 0.1) is 22.7 Å². The van der Waals surface area contributed by atoms with Gasteiger partial charge in [-0.2, -0.15) is 0 Å². The molecular formula is C17H28O2. The van der Waals surface area contributed by atoms with E-state index in [1.54, 1.807) is 0 Å². The number of rotatable bonds is 0. The molecule has 108 valence electrons. The van der Waals surface area contributed by atoms with E-state index in [1.807, 2.05) is 0 Å². The molecule has 0 aromatic heterocycles. The van der Waals surface area contributed by atoms with Crippen molar-refractivity contribution in [2.45, 2.75) is 78.2 Å². The van der Waals surface area contributed by atoms with Gasteiger partial charge in [0.2, 0.25) is 0 Å². The van der Waals surface area contributed by atoms with Gasteiger partial charge in [-0.25, -0.2) is 0 Å². The summed E-state index contributed by atoms with van der Waals surface area (Å²) in [6, 6.07) is 0. The van der Waals surface area contributed by atoms with Gasteiger partial charge < -0.3 is 4.74 Å². The molecule has 0 amide bonds. The van der Waals surface area contributed by atoms with E-state index in [2.05, 4.69) is 27.7 Å². The minimum Gasteiger partial charge on any atom is -0.458 e. The fourth-order valence-corrected chi connectivity index (χ4v) is 5.89. The first kappa shape index (κ1) is 13.5. The summed E-state index contributed by atoms with van der Waals surface area (Å²) in [7, 11) is 0. The Labute approximate surface area is 117 Å². The van der Waals surface area contributed by atoms with E-state index >= 15 is 0 Å². The zero-order chi connectivity index (χ0) is 13.9. The molecule has 0 N–H and O–H groups in total. The number of ether oxygens (including phenoxy) is 1. The first-order chi connectivity index (χ1) is 8.82. The molecule has 4 atom stereocenters. The monoisotopic (exact) mass is 264 g/mol. The Morgan fingerprint density at radius 2 is 1.84 bits per heavy atom. The van der Waals surface area contributed by atoms with Crippen LogP contribution >= 0.6 is 0 Å². The predicted octanol–water partition coefficient (Wildman–Crippen LogP) is 4.32. The van der Waals surface area contributed by atoms with E-state index in [-0.39, 0.29) is 17.0 Å². The molecule has 19 heavy (non-hydrogen) atoms. The molecule has 0 unspecified atom stereocenters. The number of hydrogen-bond acceptors (Lipinski definition) is 2. The Kier molecular flexibility index (Phi) is 2.82. The Balaban J connectivity index is 2.05. The quantitative estimate of drug-likeness (QED) is 0.609. The molecule has 3 aliphatic rings.